The molecule has 3 aromatic carbocycles. The van der Waals surface area contributed by atoms with Gasteiger partial charge in [-0.1, -0.05) is 66.7 Å². The van der Waals surface area contributed by atoms with Crippen LogP contribution in [0.4, 0.5) is 0 Å². The number of esters is 1. The summed E-state index contributed by atoms with van der Waals surface area (Å²) in [6.07, 6.45) is -0.673. The molecule has 0 saturated heterocycles. The second-order valence-electron chi connectivity index (χ2n) is 9.10. The van der Waals surface area contributed by atoms with Crippen LogP contribution in [0.1, 0.15) is 35.3 Å². The molecular weight excluding hydrogens is 498 g/mol. The number of hydrogen-bond acceptors (Lipinski definition) is 7. The van der Waals surface area contributed by atoms with Crippen molar-refractivity contribution in [1.29, 1.82) is 0 Å². The monoisotopic (exact) mass is 533 g/mol. The molecule has 1 aliphatic heterocycles. The molecule has 1 heterocycles. The zero-order valence-electron chi connectivity index (χ0n) is 22.6. The molecule has 0 aromatic heterocycles. The van der Waals surface area contributed by atoms with Gasteiger partial charge in [0, 0.05) is 25.6 Å². The molecule has 1 amide bonds. The van der Waals surface area contributed by atoms with Crippen LogP contribution in [0, 0.1) is 0 Å². The van der Waals surface area contributed by atoms with Crippen LogP contribution >= 0.6 is 0 Å². The summed E-state index contributed by atoms with van der Waals surface area (Å²) in [5, 5.41) is 0. The lowest BCUT2D eigenvalue weighted by molar-refractivity contribution is -0.161. The van der Waals surface area contributed by atoms with E-state index < -0.39 is 18.1 Å². The van der Waals surface area contributed by atoms with E-state index in [9.17, 15) is 9.59 Å². The fraction of sp³-hybridized carbons (Fsp3) is 0.355. The normalized spacial score (nSPS) is 15.3. The Morgan fingerprint density at radius 3 is 2.33 bits per heavy atom. The van der Waals surface area contributed by atoms with Crippen LogP contribution in [0.3, 0.4) is 0 Å². The maximum absolute atomic E-state index is 14.0. The highest BCUT2D eigenvalue weighted by Crippen LogP contribution is 2.40. The first-order valence-corrected chi connectivity index (χ1v) is 13.0. The Hall–Kier alpha value is -3.88. The second-order valence-corrected chi connectivity index (χ2v) is 9.10. The Morgan fingerprint density at radius 1 is 0.949 bits per heavy atom. The highest BCUT2D eigenvalue weighted by atomic mass is 16.5. The van der Waals surface area contributed by atoms with Crippen LogP contribution in [0.2, 0.25) is 0 Å². The molecule has 4 rings (SSSR count). The lowest BCUT2D eigenvalue weighted by Crippen LogP contribution is -2.51. The molecule has 0 spiro atoms. The van der Waals surface area contributed by atoms with Crippen molar-refractivity contribution >= 4 is 11.9 Å². The fourth-order valence-electron chi connectivity index (χ4n) is 4.68. The molecule has 0 bridgehead atoms. The van der Waals surface area contributed by atoms with E-state index in [2.05, 4.69) is 0 Å². The van der Waals surface area contributed by atoms with Gasteiger partial charge < -0.3 is 28.6 Å². The van der Waals surface area contributed by atoms with Crippen molar-refractivity contribution in [2.75, 3.05) is 34.0 Å². The van der Waals surface area contributed by atoms with E-state index in [1.165, 1.54) is 0 Å². The van der Waals surface area contributed by atoms with E-state index in [4.69, 9.17) is 23.7 Å². The standard InChI is InChI=1S/C31H35NO7/c1-4-37-31(34)26-19-25-24(15-16-27(36-3)29(25)39-21-22-11-7-5-8-12-22)20-32(26)30(33)28(38-18-17-35-2)23-13-9-6-10-14-23/h5-16,26,28H,4,17-21H2,1-3H3. The number of hydrogen-bond donors (Lipinski definition) is 0. The predicted octanol–water partition coefficient (Wildman–Crippen LogP) is 4.49. The minimum atomic E-state index is -0.896. The highest BCUT2D eigenvalue weighted by Gasteiger charge is 2.40. The van der Waals surface area contributed by atoms with Gasteiger partial charge in [-0.05, 0) is 29.7 Å². The summed E-state index contributed by atoms with van der Waals surface area (Å²) in [6, 6.07) is 22.0. The topological polar surface area (TPSA) is 83.5 Å². The molecule has 0 fully saturated rings. The van der Waals surface area contributed by atoms with E-state index in [-0.39, 0.29) is 32.1 Å². The summed E-state index contributed by atoms with van der Waals surface area (Å²) < 4.78 is 28.4. The van der Waals surface area contributed by atoms with Gasteiger partial charge in [0.15, 0.2) is 17.6 Å². The molecule has 2 atom stereocenters. The number of nitrogens with zero attached hydrogens (tertiary/aromatic N) is 1. The number of methoxy groups -OCH3 is 2. The molecule has 0 radical (unpaired) electrons. The number of fused-ring (bicyclic) bond motifs is 1. The average molecular weight is 534 g/mol. The molecule has 1 aliphatic rings. The molecule has 8 heteroatoms. The van der Waals surface area contributed by atoms with Gasteiger partial charge in [-0.2, -0.15) is 0 Å². The smallest absolute Gasteiger partial charge is 0.329 e. The van der Waals surface area contributed by atoms with Crippen molar-refractivity contribution in [3.63, 3.8) is 0 Å². The summed E-state index contributed by atoms with van der Waals surface area (Å²) in [4.78, 5) is 28.8. The number of amides is 1. The molecule has 2 unspecified atom stereocenters. The SMILES string of the molecule is CCOC(=O)C1Cc2c(ccc(OC)c2OCc2ccccc2)CN1C(=O)C(OCCOC)c1ccccc1. The summed E-state index contributed by atoms with van der Waals surface area (Å²) in [6.45, 7) is 3.04. The number of benzene rings is 3. The van der Waals surface area contributed by atoms with E-state index in [1.807, 2.05) is 72.8 Å². The Balaban J connectivity index is 1.69. The summed E-state index contributed by atoms with van der Waals surface area (Å²) in [5.74, 6) is 0.342. The van der Waals surface area contributed by atoms with E-state index >= 15 is 0 Å². The van der Waals surface area contributed by atoms with Crippen LogP contribution in [0.25, 0.3) is 0 Å². The highest BCUT2D eigenvalue weighted by molar-refractivity contribution is 5.89. The third-order valence-electron chi connectivity index (χ3n) is 6.62. The van der Waals surface area contributed by atoms with E-state index in [1.54, 1.807) is 26.0 Å². The Morgan fingerprint density at radius 2 is 1.67 bits per heavy atom. The summed E-state index contributed by atoms with van der Waals surface area (Å²) in [5.41, 5.74) is 3.40. The fourth-order valence-corrected chi connectivity index (χ4v) is 4.68. The van der Waals surface area contributed by atoms with Gasteiger partial charge in [-0.15, -0.1) is 0 Å². The molecule has 3 aromatic rings. The third kappa shape index (κ3) is 6.77. The van der Waals surface area contributed by atoms with Crippen molar-refractivity contribution in [3.8, 4) is 11.5 Å². The van der Waals surface area contributed by atoms with Gasteiger partial charge in [0.05, 0.1) is 26.9 Å². The lowest BCUT2D eigenvalue weighted by atomic mass is 9.91. The van der Waals surface area contributed by atoms with Crippen LogP contribution in [0.5, 0.6) is 11.5 Å². The molecular formula is C31H35NO7. The molecule has 0 saturated carbocycles. The third-order valence-corrected chi connectivity index (χ3v) is 6.62. The quantitative estimate of drug-likeness (QED) is 0.251. The Bertz CT molecular complexity index is 1230. The first-order chi connectivity index (χ1) is 19.1. The van der Waals surface area contributed by atoms with Crippen molar-refractivity contribution in [2.45, 2.75) is 38.6 Å². The number of carbonyl (C=O) groups excluding carboxylic acids is 2. The number of rotatable bonds is 12. The van der Waals surface area contributed by atoms with Crippen LogP contribution in [-0.2, 0) is 43.4 Å². The van der Waals surface area contributed by atoms with Gasteiger partial charge in [0.2, 0.25) is 0 Å². The van der Waals surface area contributed by atoms with Crippen molar-refractivity contribution < 1.29 is 33.3 Å². The molecule has 206 valence electrons. The first kappa shape index (κ1) is 28.1. The molecule has 8 nitrogen and oxygen atoms in total. The summed E-state index contributed by atoms with van der Waals surface area (Å²) in [7, 11) is 3.16. The molecule has 0 aliphatic carbocycles. The minimum absolute atomic E-state index is 0.195. The maximum Gasteiger partial charge on any atom is 0.329 e. The van der Waals surface area contributed by atoms with Gasteiger partial charge in [0.1, 0.15) is 12.6 Å². The van der Waals surface area contributed by atoms with Crippen LogP contribution in [-0.4, -0.2) is 56.9 Å². The van der Waals surface area contributed by atoms with Crippen molar-refractivity contribution in [2.24, 2.45) is 0 Å². The van der Waals surface area contributed by atoms with E-state index in [0.29, 0.717) is 30.3 Å². The Kier molecular flexibility index (Phi) is 9.94. The van der Waals surface area contributed by atoms with Gasteiger partial charge in [-0.25, -0.2) is 4.79 Å². The predicted molar refractivity (Wildman–Crippen MR) is 145 cm³/mol. The number of ether oxygens (including phenoxy) is 5. The lowest BCUT2D eigenvalue weighted by Gasteiger charge is -2.38. The zero-order valence-corrected chi connectivity index (χ0v) is 22.6. The van der Waals surface area contributed by atoms with E-state index in [0.717, 1.165) is 16.7 Å². The average Bonchev–Trinajstić information content (AvgIpc) is 2.98. The van der Waals surface area contributed by atoms with Crippen LogP contribution in [0.15, 0.2) is 72.8 Å². The number of carbonyl (C=O) groups is 2. The van der Waals surface area contributed by atoms with Crippen molar-refractivity contribution in [3.05, 3.63) is 95.1 Å². The molecule has 0 N–H and O–H groups in total. The second kappa shape index (κ2) is 13.8. The van der Waals surface area contributed by atoms with Gasteiger partial charge in [-0.3, -0.25) is 4.79 Å². The maximum atomic E-state index is 14.0. The zero-order chi connectivity index (χ0) is 27.6. The Labute approximate surface area is 229 Å². The van der Waals surface area contributed by atoms with Gasteiger partial charge >= 0.3 is 5.97 Å². The first-order valence-electron chi connectivity index (χ1n) is 13.0. The molecule has 39 heavy (non-hydrogen) atoms. The van der Waals surface area contributed by atoms with Gasteiger partial charge in [0.25, 0.3) is 5.91 Å². The van der Waals surface area contributed by atoms with Crippen LogP contribution < -0.4 is 9.47 Å². The minimum Gasteiger partial charge on any atom is -0.493 e. The summed E-state index contributed by atoms with van der Waals surface area (Å²) >= 11 is 0. The largest absolute Gasteiger partial charge is 0.493 e. The van der Waals surface area contributed by atoms with Crippen molar-refractivity contribution in [1.82, 2.24) is 4.90 Å².